The van der Waals surface area contributed by atoms with Gasteiger partial charge in [-0.1, -0.05) is 0 Å². The maximum absolute atomic E-state index is 12.4. The highest BCUT2D eigenvalue weighted by Gasteiger charge is 2.27. The predicted octanol–water partition coefficient (Wildman–Crippen LogP) is 1.10. The summed E-state index contributed by atoms with van der Waals surface area (Å²) >= 11 is 0. The van der Waals surface area contributed by atoms with Crippen LogP contribution in [0.1, 0.15) is 23.7 Å². The van der Waals surface area contributed by atoms with Crippen molar-refractivity contribution in [1.82, 2.24) is 10.3 Å². The van der Waals surface area contributed by atoms with Gasteiger partial charge in [-0.3, -0.25) is 9.59 Å². The number of carbonyl (C=O) groups excluding carboxylic acids is 2. The summed E-state index contributed by atoms with van der Waals surface area (Å²) in [5.74, 6) is -0.243. The van der Waals surface area contributed by atoms with Crippen LogP contribution in [0.5, 0.6) is 0 Å². The van der Waals surface area contributed by atoms with Crippen molar-refractivity contribution in [1.29, 1.82) is 0 Å². The van der Waals surface area contributed by atoms with E-state index in [9.17, 15) is 9.59 Å². The number of amides is 2. The highest BCUT2D eigenvalue weighted by Crippen LogP contribution is 2.37. The topological polar surface area (TPSA) is 126 Å². The molecule has 2 heterocycles. The van der Waals surface area contributed by atoms with E-state index in [4.69, 9.17) is 11.5 Å². The number of hydrogen-bond acceptors (Lipinski definition) is 4. The Kier molecular flexibility index (Phi) is 4.58. The highest BCUT2D eigenvalue weighted by atomic mass is 16.2. The van der Waals surface area contributed by atoms with Crippen LogP contribution in [-0.2, 0) is 16.0 Å². The molecule has 0 bridgehead atoms. The number of aromatic amines is 1. The third-order valence-electron chi connectivity index (χ3n) is 4.14. The number of H-pyrrole nitrogens is 1. The number of aromatic nitrogens is 1. The van der Waals surface area contributed by atoms with Gasteiger partial charge in [0.1, 0.15) is 0 Å². The van der Waals surface area contributed by atoms with Crippen LogP contribution in [0, 0.1) is 0 Å². The Labute approximate surface area is 145 Å². The molecular weight excluding hydrogens is 318 g/mol. The molecule has 0 atom stereocenters. The highest BCUT2D eigenvalue weighted by molar-refractivity contribution is 6.36. The van der Waals surface area contributed by atoms with E-state index in [0.717, 1.165) is 28.1 Å². The summed E-state index contributed by atoms with van der Waals surface area (Å²) < 4.78 is 0. The van der Waals surface area contributed by atoms with Crippen LogP contribution in [0.15, 0.2) is 30.5 Å². The van der Waals surface area contributed by atoms with Crippen molar-refractivity contribution in [3.05, 3.63) is 47.3 Å². The van der Waals surface area contributed by atoms with Crippen molar-refractivity contribution >= 4 is 34.3 Å². The lowest BCUT2D eigenvalue weighted by Crippen LogP contribution is -2.30. The van der Waals surface area contributed by atoms with E-state index < -0.39 is 0 Å². The number of fused-ring (bicyclic) bond motifs is 1. The Hall–Kier alpha value is -3.06. The van der Waals surface area contributed by atoms with Crippen molar-refractivity contribution in [3.8, 4) is 0 Å². The fourth-order valence-corrected chi connectivity index (χ4v) is 2.91. The van der Waals surface area contributed by atoms with Crippen LogP contribution in [0.2, 0.25) is 0 Å². The molecular formula is C18H21N5O2. The molecule has 130 valence electrons. The number of nitrogens with one attached hydrogen (secondary N) is 3. The van der Waals surface area contributed by atoms with Gasteiger partial charge < -0.3 is 27.1 Å². The predicted molar refractivity (Wildman–Crippen MR) is 98.5 cm³/mol. The summed E-state index contributed by atoms with van der Waals surface area (Å²) in [7, 11) is 0. The molecule has 0 spiro atoms. The maximum atomic E-state index is 12.4. The number of carbonyl (C=O) groups is 2. The first-order valence-corrected chi connectivity index (χ1v) is 8.06. The second kappa shape index (κ2) is 6.82. The average Bonchev–Trinajstić information content (AvgIpc) is 3.16. The van der Waals surface area contributed by atoms with Gasteiger partial charge in [-0.05, 0) is 42.3 Å². The minimum absolute atomic E-state index is 0.0852. The summed E-state index contributed by atoms with van der Waals surface area (Å²) in [4.78, 5) is 27.3. The van der Waals surface area contributed by atoms with E-state index in [1.807, 2.05) is 13.0 Å². The molecule has 7 nitrogen and oxygen atoms in total. The summed E-state index contributed by atoms with van der Waals surface area (Å²) in [5, 5.41) is 5.58. The van der Waals surface area contributed by atoms with Crippen molar-refractivity contribution in [2.75, 3.05) is 24.1 Å². The average molecular weight is 339 g/mol. The zero-order valence-corrected chi connectivity index (χ0v) is 14.0. The van der Waals surface area contributed by atoms with Gasteiger partial charge in [0.05, 0.1) is 12.0 Å². The SMILES string of the molecule is C/C(=C1/C(=O)Nc2ccc(N)cc21)c1cc(CC(=O)NCCN)c[nH]1. The number of rotatable bonds is 5. The molecule has 0 saturated carbocycles. The molecule has 7 N–H and O–H groups in total. The molecule has 0 fully saturated rings. The lowest BCUT2D eigenvalue weighted by atomic mass is 9.99. The van der Waals surface area contributed by atoms with Gasteiger partial charge in [-0.25, -0.2) is 0 Å². The van der Waals surface area contributed by atoms with Crippen LogP contribution in [-0.4, -0.2) is 29.9 Å². The minimum Gasteiger partial charge on any atom is -0.399 e. The molecule has 7 heteroatoms. The van der Waals surface area contributed by atoms with Gasteiger partial charge in [-0.15, -0.1) is 0 Å². The van der Waals surface area contributed by atoms with Crippen molar-refractivity contribution in [2.45, 2.75) is 13.3 Å². The van der Waals surface area contributed by atoms with Gasteiger partial charge in [-0.2, -0.15) is 0 Å². The van der Waals surface area contributed by atoms with E-state index in [0.29, 0.717) is 24.4 Å². The van der Waals surface area contributed by atoms with Gasteiger partial charge in [0, 0.05) is 41.9 Å². The van der Waals surface area contributed by atoms with E-state index in [1.165, 1.54) is 0 Å². The van der Waals surface area contributed by atoms with E-state index >= 15 is 0 Å². The standard InChI is InChI=1S/C18H21N5O2/c1-10(15-6-11(9-22-15)7-16(24)21-5-4-19)17-13-8-12(20)2-3-14(13)23-18(17)25/h2-3,6,8-9,22H,4-5,7,19-20H2,1H3,(H,21,24)(H,23,25)/b17-10-. The lowest BCUT2D eigenvalue weighted by molar-refractivity contribution is -0.120. The number of benzene rings is 1. The minimum atomic E-state index is -0.157. The number of nitrogen functional groups attached to an aromatic ring is 1. The number of hydrogen-bond donors (Lipinski definition) is 5. The Balaban J connectivity index is 1.88. The fourth-order valence-electron chi connectivity index (χ4n) is 2.91. The number of anilines is 2. The summed E-state index contributed by atoms with van der Waals surface area (Å²) in [6.07, 6.45) is 2.03. The van der Waals surface area contributed by atoms with Crippen molar-refractivity contribution < 1.29 is 9.59 Å². The molecule has 3 rings (SSSR count). The Morgan fingerprint density at radius 1 is 1.28 bits per heavy atom. The first-order valence-electron chi connectivity index (χ1n) is 8.06. The molecule has 1 aromatic heterocycles. The van der Waals surface area contributed by atoms with Crippen LogP contribution in [0.25, 0.3) is 11.1 Å². The van der Waals surface area contributed by atoms with Crippen molar-refractivity contribution in [3.63, 3.8) is 0 Å². The summed E-state index contributed by atoms with van der Waals surface area (Å²) in [5.41, 5.74) is 16.4. The monoisotopic (exact) mass is 339 g/mol. The van der Waals surface area contributed by atoms with Crippen LogP contribution in [0.3, 0.4) is 0 Å². The molecule has 0 saturated heterocycles. The summed E-state index contributed by atoms with van der Waals surface area (Å²) in [6.45, 7) is 2.74. The quantitative estimate of drug-likeness (QED) is 0.413. The zero-order valence-electron chi connectivity index (χ0n) is 14.0. The molecule has 0 radical (unpaired) electrons. The Morgan fingerprint density at radius 2 is 2.08 bits per heavy atom. The van der Waals surface area contributed by atoms with Crippen LogP contribution < -0.4 is 22.1 Å². The molecule has 1 aliphatic rings. The van der Waals surface area contributed by atoms with Gasteiger partial charge >= 0.3 is 0 Å². The first kappa shape index (κ1) is 16.8. The van der Waals surface area contributed by atoms with E-state index in [1.54, 1.807) is 24.4 Å². The molecule has 0 unspecified atom stereocenters. The molecule has 1 aliphatic heterocycles. The third kappa shape index (κ3) is 3.41. The second-order valence-electron chi connectivity index (χ2n) is 6.00. The smallest absolute Gasteiger partial charge is 0.256 e. The fraction of sp³-hybridized carbons (Fsp3) is 0.222. The van der Waals surface area contributed by atoms with Gasteiger partial charge in [0.15, 0.2) is 0 Å². The maximum Gasteiger partial charge on any atom is 0.256 e. The lowest BCUT2D eigenvalue weighted by Gasteiger charge is -2.05. The molecule has 2 amide bonds. The van der Waals surface area contributed by atoms with E-state index in [2.05, 4.69) is 15.6 Å². The normalized spacial score (nSPS) is 14.9. The van der Waals surface area contributed by atoms with Gasteiger partial charge in [0.2, 0.25) is 5.91 Å². The van der Waals surface area contributed by atoms with Crippen LogP contribution >= 0.6 is 0 Å². The molecule has 25 heavy (non-hydrogen) atoms. The molecule has 0 aliphatic carbocycles. The molecule has 2 aromatic rings. The Bertz CT molecular complexity index is 866. The molecule has 1 aromatic carbocycles. The Morgan fingerprint density at radius 3 is 2.84 bits per heavy atom. The van der Waals surface area contributed by atoms with Crippen molar-refractivity contribution in [2.24, 2.45) is 5.73 Å². The third-order valence-corrected chi connectivity index (χ3v) is 4.14. The summed E-state index contributed by atoms with van der Waals surface area (Å²) in [6, 6.07) is 7.22. The van der Waals surface area contributed by atoms with Gasteiger partial charge in [0.25, 0.3) is 5.91 Å². The first-order chi connectivity index (χ1) is 12.0. The largest absolute Gasteiger partial charge is 0.399 e. The number of allylic oxidation sites excluding steroid dienone is 1. The number of nitrogens with two attached hydrogens (primary N) is 2. The van der Waals surface area contributed by atoms with Crippen LogP contribution in [0.4, 0.5) is 11.4 Å². The zero-order chi connectivity index (χ0) is 18.0. The second-order valence-corrected chi connectivity index (χ2v) is 6.00. The van der Waals surface area contributed by atoms with E-state index in [-0.39, 0.29) is 18.2 Å².